The van der Waals surface area contributed by atoms with Gasteiger partial charge in [-0.3, -0.25) is 0 Å². The third-order valence-electron chi connectivity index (χ3n) is 4.19. The van der Waals surface area contributed by atoms with Gasteiger partial charge in [-0.2, -0.15) is 9.65 Å². The maximum absolute atomic E-state index is 12.9. The van der Waals surface area contributed by atoms with Gasteiger partial charge in [-0.05, 0) is 74.1 Å². The van der Waals surface area contributed by atoms with Crippen molar-refractivity contribution in [2.75, 3.05) is 0 Å². The molecule has 0 N–H and O–H groups in total. The molecule has 0 radical (unpaired) electrons. The molecule has 0 saturated heterocycles. The van der Waals surface area contributed by atoms with Gasteiger partial charge in [0.15, 0.2) is 5.83 Å². The normalized spacial score (nSPS) is 23.4. The summed E-state index contributed by atoms with van der Waals surface area (Å²) in [5.74, 6) is 0.284. The van der Waals surface area contributed by atoms with E-state index >= 15 is 0 Å². The minimum Gasteiger partial charge on any atom is -0.207 e. The van der Waals surface area contributed by atoms with Crippen molar-refractivity contribution in [3.8, 4) is 6.07 Å². The molecular formula is C17H19F2N. The van der Waals surface area contributed by atoms with E-state index in [0.29, 0.717) is 18.3 Å². The Morgan fingerprint density at radius 1 is 1.20 bits per heavy atom. The summed E-state index contributed by atoms with van der Waals surface area (Å²) in [7, 11) is 0. The van der Waals surface area contributed by atoms with Crippen LogP contribution in [0.4, 0.5) is 8.78 Å². The van der Waals surface area contributed by atoms with Gasteiger partial charge in [0.1, 0.15) is 11.9 Å². The zero-order valence-electron chi connectivity index (χ0n) is 11.5. The molecule has 0 heterocycles. The van der Waals surface area contributed by atoms with Gasteiger partial charge in [0.05, 0.1) is 0 Å². The molecular weight excluding hydrogens is 256 g/mol. The molecule has 1 nitrogen and oxygen atoms in total. The van der Waals surface area contributed by atoms with Gasteiger partial charge in [0.2, 0.25) is 0 Å². The molecule has 1 aliphatic carbocycles. The monoisotopic (exact) mass is 275 g/mol. The van der Waals surface area contributed by atoms with Gasteiger partial charge in [-0.15, -0.1) is 0 Å². The molecule has 1 fully saturated rings. The molecule has 0 amide bonds. The van der Waals surface area contributed by atoms with Crippen LogP contribution in [0.5, 0.6) is 0 Å². The summed E-state index contributed by atoms with van der Waals surface area (Å²) < 4.78 is 25.6. The van der Waals surface area contributed by atoms with E-state index in [1.807, 2.05) is 12.1 Å². The van der Waals surface area contributed by atoms with E-state index in [-0.39, 0.29) is 5.82 Å². The van der Waals surface area contributed by atoms with E-state index in [4.69, 9.17) is 5.26 Å². The largest absolute Gasteiger partial charge is 0.207 e. The first kappa shape index (κ1) is 14.7. The first-order valence-electron chi connectivity index (χ1n) is 7.20. The molecule has 0 bridgehead atoms. The Balaban J connectivity index is 1.78. The summed E-state index contributed by atoms with van der Waals surface area (Å²) in [6, 6.07) is 8.31. The second kappa shape index (κ2) is 7.19. The van der Waals surface area contributed by atoms with Crippen molar-refractivity contribution in [3.63, 3.8) is 0 Å². The van der Waals surface area contributed by atoms with Crippen LogP contribution in [0.25, 0.3) is 0 Å². The number of hydrogen-bond donors (Lipinski definition) is 0. The summed E-state index contributed by atoms with van der Waals surface area (Å²) >= 11 is 0. The third-order valence-corrected chi connectivity index (χ3v) is 4.19. The van der Waals surface area contributed by atoms with E-state index in [9.17, 15) is 8.78 Å². The van der Waals surface area contributed by atoms with Crippen LogP contribution in [0.3, 0.4) is 0 Å². The lowest BCUT2D eigenvalue weighted by atomic mass is 9.77. The summed E-state index contributed by atoms with van der Waals surface area (Å²) in [4.78, 5) is 0. The van der Waals surface area contributed by atoms with Gasteiger partial charge >= 0.3 is 0 Å². The Hall–Kier alpha value is -1.69. The van der Waals surface area contributed by atoms with Crippen molar-refractivity contribution in [2.24, 2.45) is 5.92 Å². The highest BCUT2D eigenvalue weighted by Crippen LogP contribution is 2.37. The Kier molecular flexibility index (Phi) is 5.29. The number of rotatable bonds is 4. The first-order valence-corrected chi connectivity index (χ1v) is 7.20. The van der Waals surface area contributed by atoms with Gasteiger partial charge in [-0.25, -0.2) is 4.39 Å². The molecule has 0 unspecified atom stereocenters. The molecule has 1 aromatic carbocycles. The molecule has 3 heteroatoms. The fraction of sp³-hybridized carbons (Fsp3) is 0.471. The maximum atomic E-state index is 12.9. The first-order chi connectivity index (χ1) is 9.69. The van der Waals surface area contributed by atoms with Crippen molar-refractivity contribution in [1.82, 2.24) is 0 Å². The highest BCUT2D eigenvalue weighted by molar-refractivity contribution is 5.21. The average Bonchev–Trinajstić information content (AvgIpc) is 2.48. The third kappa shape index (κ3) is 4.16. The zero-order chi connectivity index (χ0) is 14.4. The van der Waals surface area contributed by atoms with Crippen LogP contribution in [0.15, 0.2) is 36.2 Å². The van der Waals surface area contributed by atoms with Crippen molar-refractivity contribution in [1.29, 1.82) is 5.26 Å². The lowest BCUT2D eigenvalue weighted by Gasteiger charge is -2.28. The molecule has 0 spiro atoms. The maximum Gasteiger partial charge on any atom is 0.196 e. The van der Waals surface area contributed by atoms with E-state index in [1.54, 1.807) is 0 Å². The highest BCUT2D eigenvalue weighted by Gasteiger charge is 2.21. The lowest BCUT2D eigenvalue weighted by Crippen LogP contribution is -2.13. The fourth-order valence-corrected chi connectivity index (χ4v) is 3.01. The molecule has 20 heavy (non-hydrogen) atoms. The predicted octanol–water partition coefficient (Wildman–Crippen LogP) is 5.26. The van der Waals surface area contributed by atoms with Crippen molar-refractivity contribution in [2.45, 2.75) is 44.4 Å². The fourth-order valence-electron chi connectivity index (χ4n) is 3.01. The van der Waals surface area contributed by atoms with E-state index in [2.05, 4.69) is 0 Å². The Bertz CT molecular complexity index is 491. The van der Waals surface area contributed by atoms with Crippen LogP contribution in [-0.2, 0) is 0 Å². The van der Waals surface area contributed by atoms with Crippen LogP contribution in [-0.4, -0.2) is 0 Å². The molecule has 106 valence electrons. The number of nitrogens with zero attached hydrogens (tertiary/aromatic N) is 1. The van der Waals surface area contributed by atoms with E-state index in [0.717, 1.165) is 32.1 Å². The predicted molar refractivity (Wildman–Crippen MR) is 75.1 cm³/mol. The minimum absolute atomic E-state index is 0.186. The van der Waals surface area contributed by atoms with Crippen molar-refractivity contribution >= 4 is 0 Å². The standard InChI is InChI=1S/C17H19F2N/c18-16-10-8-15(9-11-16)14-6-4-13(5-7-14)2-1-3-17(19)12-20/h3,8-11,13-14H,1-2,4-7H2/b17-3-. The van der Waals surface area contributed by atoms with Crippen LogP contribution in [0.1, 0.15) is 50.0 Å². The van der Waals surface area contributed by atoms with Gasteiger partial charge in [-0.1, -0.05) is 12.1 Å². The summed E-state index contributed by atoms with van der Waals surface area (Å²) in [6.07, 6.45) is 7.46. The van der Waals surface area contributed by atoms with E-state index in [1.165, 1.54) is 29.8 Å². The Morgan fingerprint density at radius 2 is 1.85 bits per heavy atom. The minimum atomic E-state index is -0.676. The average molecular weight is 275 g/mol. The number of allylic oxidation sites excluding steroid dienone is 2. The molecule has 1 saturated carbocycles. The van der Waals surface area contributed by atoms with E-state index < -0.39 is 5.83 Å². The quantitative estimate of drug-likeness (QED) is 0.688. The molecule has 0 aliphatic heterocycles. The topological polar surface area (TPSA) is 23.8 Å². The van der Waals surface area contributed by atoms with Crippen LogP contribution in [0, 0.1) is 23.1 Å². The molecule has 1 aliphatic rings. The Labute approximate surface area is 118 Å². The zero-order valence-corrected chi connectivity index (χ0v) is 11.5. The summed E-state index contributed by atoms with van der Waals surface area (Å²) in [5.41, 5.74) is 1.22. The number of benzene rings is 1. The second-order valence-corrected chi connectivity index (χ2v) is 5.51. The van der Waals surface area contributed by atoms with Gasteiger partial charge in [0, 0.05) is 0 Å². The Morgan fingerprint density at radius 3 is 2.45 bits per heavy atom. The molecule has 2 rings (SSSR count). The van der Waals surface area contributed by atoms with Crippen LogP contribution < -0.4 is 0 Å². The SMILES string of the molecule is N#C/C(F)=C/CCC1CCC(c2ccc(F)cc2)CC1. The summed E-state index contributed by atoms with van der Waals surface area (Å²) in [6.45, 7) is 0. The second-order valence-electron chi connectivity index (χ2n) is 5.51. The van der Waals surface area contributed by atoms with Crippen LogP contribution >= 0.6 is 0 Å². The highest BCUT2D eigenvalue weighted by atomic mass is 19.1. The number of halogens is 2. The van der Waals surface area contributed by atoms with Crippen LogP contribution in [0.2, 0.25) is 0 Å². The smallest absolute Gasteiger partial charge is 0.196 e. The summed E-state index contributed by atoms with van der Waals surface area (Å²) in [5, 5.41) is 8.33. The molecule has 0 aromatic heterocycles. The molecule has 1 aromatic rings. The lowest BCUT2D eigenvalue weighted by molar-refractivity contribution is 0.311. The van der Waals surface area contributed by atoms with Crippen molar-refractivity contribution < 1.29 is 8.78 Å². The number of nitriles is 1. The molecule has 0 atom stereocenters. The van der Waals surface area contributed by atoms with Gasteiger partial charge in [0.25, 0.3) is 0 Å². The van der Waals surface area contributed by atoms with Gasteiger partial charge < -0.3 is 0 Å². The number of hydrogen-bond acceptors (Lipinski definition) is 1. The van der Waals surface area contributed by atoms with Crippen molar-refractivity contribution in [3.05, 3.63) is 47.5 Å².